The van der Waals surface area contributed by atoms with Crippen LogP contribution in [0.3, 0.4) is 0 Å². The van der Waals surface area contributed by atoms with Crippen molar-refractivity contribution in [3.8, 4) is 28.4 Å². The maximum Gasteiger partial charge on any atom is 0.237 e. The van der Waals surface area contributed by atoms with E-state index in [1.807, 2.05) is 67.6 Å². The van der Waals surface area contributed by atoms with E-state index in [9.17, 15) is 0 Å². The molecule has 4 rings (SSSR count). The highest BCUT2D eigenvalue weighted by Gasteiger charge is 2.10. The van der Waals surface area contributed by atoms with Crippen molar-refractivity contribution in [1.82, 2.24) is 20.3 Å². The molecule has 2 heterocycles. The summed E-state index contributed by atoms with van der Waals surface area (Å²) in [6, 6.07) is 19.5. The van der Waals surface area contributed by atoms with Crippen LogP contribution in [0.15, 0.2) is 74.7 Å². The van der Waals surface area contributed by atoms with Crippen LogP contribution in [0, 0.1) is 0 Å². The molecular formula is C21H17BrN4O2S. The molecular weight excluding hydrogens is 452 g/mol. The average Bonchev–Trinajstić information content (AvgIpc) is 3.23. The summed E-state index contributed by atoms with van der Waals surface area (Å²) < 4.78 is 11.8. The minimum atomic E-state index is 0.528. The van der Waals surface area contributed by atoms with E-state index in [0.717, 1.165) is 32.1 Å². The van der Waals surface area contributed by atoms with Crippen LogP contribution in [0.4, 0.5) is 0 Å². The molecule has 0 saturated heterocycles. The number of halogens is 1. The maximum atomic E-state index is 5.46. The SMILES string of the molecule is CCOc1ccc(-c2ccc(SCc3nc(-c4ccc(Br)cc4)no3)nn2)cc1. The summed E-state index contributed by atoms with van der Waals surface area (Å²) in [4.78, 5) is 4.44. The number of nitrogens with zero attached hydrogens (tertiary/aromatic N) is 4. The molecule has 2 aromatic heterocycles. The fourth-order valence-corrected chi connectivity index (χ4v) is 3.52. The third-order valence-corrected chi connectivity index (χ3v) is 5.45. The van der Waals surface area contributed by atoms with Gasteiger partial charge in [-0.3, -0.25) is 0 Å². The molecule has 0 atom stereocenters. The van der Waals surface area contributed by atoms with Crippen LogP contribution in [-0.2, 0) is 5.75 Å². The lowest BCUT2D eigenvalue weighted by molar-refractivity contribution is 0.340. The van der Waals surface area contributed by atoms with Gasteiger partial charge in [-0.1, -0.05) is 32.8 Å². The predicted octanol–water partition coefficient (Wildman–Crippen LogP) is 5.65. The van der Waals surface area contributed by atoms with Crippen molar-refractivity contribution in [2.24, 2.45) is 0 Å². The lowest BCUT2D eigenvalue weighted by atomic mass is 10.1. The molecule has 8 heteroatoms. The van der Waals surface area contributed by atoms with Gasteiger partial charge in [0, 0.05) is 15.6 Å². The zero-order chi connectivity index (χ0) is 20.1. The molecule has 0 bridgehead atoms. The van der Waals surface area contributed by atoms with Gasteiger partial charge in [0.2, 0.25) is 11.7 Å². The first-order valence-corrected chi connectivity index (χ1v) is 10.8. The van der Waals surface area contributed by atoms with Crippen molar-refractivity contribution in [2.45, 2.75) is 17.7 Å². The lowest BCUT2D eigenvalue weighted by Gasteiger charge is -2.04. The Morgan fingerprint density at radius 1 is 0.931 bits per heavy atom. The van der Waals surface area contributed by atoms with Crippen molar-refractivity contribution in [1.29, 1.82) is 0 Å². The molecule has 4 aromatic rings. The Balaban J connectivity index is 1.37. The van der Waals surface area contributed by atoms with E-state index >= 15 is 0 Å². The van der Waals surface area contributed by atoms with Gasteiger partial charge in [-0.05, 0) is 67.6 Å². The van der Waals surface area contributed by atoms with Gasteiger partial charge in [-0.2, -0.15) is 4.98 Å². The monoisotopic (exact) mass is 468 g/mol. The van der Waals surface area contributed by atoms with Crippen LogP contribution < -0.4 is 4.74 Å². The Kier molecular flexibility index (Phi) is 6.21. The van der Waals surface area contributed by atoms with Gasteiger partial charge in [0.15, 0.2) is 0 Å². The molecule has 29 heavy (non-hydrogen) atoms. The van der Waals surface area contributed by atoms with E-state index in [4.69, 9.17) is 9.26 Å². The smallest absolute Gasteiger partial charge is 0.237 e. The Morgan fingerprint density at radius 3 is 2.38 bits per heavy atom. The molecule has 0 spiro atoms. The summed E-state index contributed by atoms with van der Waals surface area (Å²) in [5.41, 5.74) is 2.72. The summed E-state index contributed by atoms with van der Waals surface area (Å²) in [7, 11) is 0. The van der Waals surface area contributed by atoms with Gasteiger partial charge in [0.25, 0.3) is 0 Å². The standard InChI is InChI=1S/C21H17BrN4O2S/c1-2-27-17-9-5-14(6-10-17)18-11-12-20(25-24-18)29-13-19-23-21(26-28-19)15-3-7-16(22)8-4-15/h3-12H,2,13H2,1H3. The Morgan fingerprint density at radius 2 is 1.69 bits per heavy atom. The second kappa shape index (κ2) is 9.19. The minimum Gasteiger partial charge on any atom is -0.494 e. The van der Waals surface area contributed by atoms with E-state index in [1.54, 1.807) is 0 Å². The Hall–Kier alpha value is -2.71. The summed E-state index contributed by atoms with van der Waals surface area (Å²) in [5, 5.41) is 13.4. The first-order valence-electron chi connectivity index (χ1n) is 8.99. The number of hydrogen-bond acceptors (Lipinski definition) is 7. The number of rotatable bonds is 7. The molecule has 6 nitrogen and oxygen atoms in total. The minimum absolute atomic E-state index is 0.528. The van der Waals surface area contributed by atoms with Crippen LogP contribution in [0.25, 0.3) is 22.6 Å². The molecule has 0 saturated carbocycles. The van der Waals surface area contributed by atoms with Crippen LogP contribution >= 0.6 is 27.7 Å². The predicted molar refractivity (Wildman–Crippen MR) is 116 cm³/mol. The Bertz CT molecular complexity index is 1070. The molecule has 146 valence electrons. The molecule has 0 aliphatic rings. The third-order valence-electron chi connectivity index (χ3n) is 4.02. The van der Waals surface area contributed by atoms with Gasteiger partial charge in [0.1, 0.15) is 10.8 Å². The summed E-state index contributed by atoms with van der Waals surface area (Å²) >= 11 is 4.92. The topological polar surface area (TPSA) is 73.9 Å². The second-order valence-corrected chi connectivity index (χ2v) is 7.93. The maximum absolute atomic E-state index is 5.46. The Labute approximate surface area is 180 Å². The molecule has 0 amide bonds. The van der Waals surface area contributed by atoms with Crippen molar-refractivity contribution >= 4 is 27.7 Å². The summed E-state index contributed by atoms with van der Waals surface area (Å²) in [6.07, 6.45) is 0. The largest absolute Gasteiger partial charge is 0.494 e. The van der Waals surface area contributed by atoms with Crippen LogP contribution in [0.5, 0.6) is 5.75 Å². The zero-order valence-corrected chi connectivity index (χ0v) is 18.0. The van der Waals surface area contributed by atoms with Gasteiger partial charge >= 0.3 is 0 Å². The molecule has 0 radical (unpaired) electrons. The van der Waals surface area contributed by atoms with Crippen molar-refractivity contribution in [2.75, 3.05) is 6.61 Å². The fraction of sp³-hybridized carbons (Fsp3) is 0.143. The third kappa shape index (κ3) is 5.02. The molecule has 0 aliphatic heterocycles. The number of benzene rings is 2. The highest BCUT2D eigenvalue weighted by Crippen LogP contribution is 2.25. The molecule has 0 N–H and O–H groups in total. The van der Waals surface area contributed by atoms with E-state index < -0.39 is 0 Å². The first kappa shape index (κ1) is 19.6. The first-order chi connectivity index (χ1) is 14.2. The summed E-state index contributed by atoms with van der Waals surface area (Å²) in [5.74, 6) is 2.49. The van der Waals surface area contributed by atoms with Crippen LogP contribution in [0.2, 0.25) is 0 Å². The fourth-order valence-electron chi connectivity index (χ4n) is 2.60. The average molecular weight is 469 g/mol. The molecule has 0 fully saturated rings. The van der Waals surface area contributed by atoms with E-state index in [1.165, 1.54) is 11.8 Å². The molecule has 2 aromatic carbocycles. The van der Waals surface area contributed by atoms with Crippen molar-refractivity contribution in [3.63, 3.8) is 0 Å². The lowest BCUT2D eigenvalue weighted by Crippen LogP contribution is -1.92. The normalized spacial score (nSPS) is 10.8. The van der Waals surface area contributed by atoms with Gasteiger partial charge in [-0.25, -0.2) is 0 Å². The highest BCUT2D eigenvalue weighted by molar-refractivity contribution is 9.10. The molecule has 0 unspecified atom stereocenters. The highest BCUT2D eigenvalue weighted by atomic mass is 79.9. The van der Waals surface area contributed by atoms with Gasteiger partial charge in [0.05, 0.1) is 18.1 Å². The number of hydrogen-bond donors (Lipinski definition) is 0. The van der Waals surface area contributed by atoms with E-state index in [-0.39, 0.29) is 0 Å². The van der Waals surface area contributed by atoms with Crippen LogP contribution in [-0.4, -0.2) is 26.9 Å². The number of thioether (sulfide) groups is 1. The zero-order valence-electron chi connectivity index (χ0n) is 15.6. The van der Waals surface area contributed by atoms with Crippen molar-refractivity contribution in [3.05, 3.63) is 71.0 Å². The van der Waals surface area contributed by atoms with Crippen molar-refractivity contribution < 1.29 is 9.26 Å². The van der Waals surface area contributed by atoms with E-state index in [2.05, 4.69) is 36.3 Å². The van der Waals surface area contributed by atoms with Gasteiger partial charge < -0.3 is 9.26 Å². The second-order valence-electron chi connectivity index (χ2n) is 6.02. The molecule has 0 aliphatic carbocycles. The number of aromatic nitrogens is 4. The van der Waals surface area contributed by atoms with Gasteiger partial charge in [-0.15, -0.1) is 10.2 Å². The quantitative estimate of drug-likeness (QED) is 0.324. The number of ether oxygens (including phenoxy) is 1. The van der Waals surface area contributed by atoms with Crippen LogP contribution in [0.1, 0.15) is 12.8 Å². The van der Waals surface area contributed by atoms with E-state index in [0.29, 0.717) is 24.1 Å². The summed E-state index contributed by atoms with van der Waals surface area (Å²) in [6.45, 7) is 2.61.